The number of halogens is 2. The fourth-order valence-corrected chi connectivity index (χ4v) is 3.99. The molecule has 1 aromatic heterocycles. The lowest BCUT2D eigenvalue weighted by molar-refractivity contribution is 0.147. The van der Waals surface area contributed by atoms with E-state index in [1.807, 2.05) is 24.3 Å². The molecule has 0 atom stereocenters. The fraction of sp³-hybridized carbons (Fsp3) is 0.333. The molecule has 0 amide bonds. The molecule has 0 saturated carbocycles. The van der Waals surface area contributed by atoms with Crippen molar-refractivity contribution in [2.75, 3.05) is 33.2 Å². The minimum Gasteiger partial charge on any atom is -0.304 e. The van der Waals surface area contributed by atoms with E-state index in [2.05, 4.69) is 21.9 Å². The minimum atomic E-state index is -0.259. The second kappa shape index (κ2) is 9.30. The van der Waals surface area contributed by atoms with Crippen LogP contribution in [0.5, 0.6) is 0 Å². The molecular formula is C24H26ClFN4O. The third-order valence-electron chi connectivity index (χ3n) is 5.77. The van der Waals surface area contributed by atoms with Crippen LogP contribution in [-0.4, -0.2) is 52.8 Å². The Labute approximate surface area is 186 Å². The van der Waals surface area contributed by atoms with Crippen LogP contribution in [0.3, 0.4) is 0 Å². The highest BCUT2D eigenvalue weighted by Crippen LogP contribution is 2.22. The number of rotatable bonds is 5. The van der Waals surface area contributed by atoms with Crippen LogP contribution < -0.4 is 5.56 Å². The van der Waals surface area contributed by atoms with E-state index >= 15 is 0 Å². The predicted octanol–water partition coefficient (Wildman–Crippen LogP) is 3.81. The quantitative estimate of drug-likeness (QED) is 0.605. The van der Waals surface area contributed by atoms with Gasteiger partial charge < -0.3 is 4.90 Å². The van der Waals surface area contributed by atoms with Crippen molar-refractivity contribution in [3.05, 3.63) is 86.4 Å². The number of piperazine rings is 1. The number of hydrogen-bond acceptors (Lipinski definition) is 4. The van der Waals surface area contributed by atoms with Gasteiger partial charge in [-0.2, -0.15) is 5.10 Å². The van der Waals surface area contributed by atoms with Crippen LogP contribution in [0.1, 0.15) is 16.7 Å². The van der Waals surface area contributed by atoms with E-state index < -0.39 is 0 Å². The van der Waals surface area contributed by atoms with Crippen LogP contribution in [0.2, 0.25) is 5.02 Å². The minimum absolute atomic E-state index is 0.124. The van der Waals surface area contributed by atoms with Gasteiger partial charge in [0.2, 0.25) is 0 Å². The highest BCUT2D eigenvalue weighted by atomic mass is 35.5. The molecule has 162 valence electrons. The molecule has 0 radical (unpaired) electrons. The highest BCUT2D eigenvalue weighted by Gasteiger charge is 2.18. The van der Waals surface area contributed by atoms with Gasteiger partial charge in [-0.1, -0.05) is 29.8 Å². The van der Waals surface area contributed by atoms with Gasteiger partial charge in [-0.15, -0.1) is 0 Å². The summed E-state index contributed by atoms with van der Waals surface area (Å²) in [5.41, 5.74) is 3.37. The van der Waals surface area contributed by atoms with Gasteiger partial charge in [-0.25, -0.2) is 9.07 Å². The summed E-state index contributed by atoms with van der Waals surface area (Å²) in [5, 5.41) is 5.21. The normalized spacial score (nSPS) is 15.4. The summed E-state index contributed by atoms with van der Waals surface area (Å²) in [6.45, 7) is 6.34. The van der Waals surface area contributed by atoms with Gasteiger partial charge in [0.25, 0.3) is 5.56 Å². The van der Waals surface area contributed by atoms with Gasteiger partial charge >= 0.3 is 0 Å². The molecule has 0 bridgehead atoms. The van der Waals surface area contributed by atoms with Crippen LogP contribution in [0.25, 0.3) is 11.3 Å². The molecule has 7 heteroatoms. The van der Waals surface area contributed by atoms with Crippen LogP contribution in [0, 0.1) is 12.7 Å². The van der Waals surface area contributed by atoms with Crippen LogP contribution in [0.15, 0.2) is 53.3 Å². The maximum absolute atomic E-state index is 13.8. The molecule has 0 unspecified atom stereocenters. The maximum atomic E-state index is 13.8. The SMILES string of the molecule is Cc1cc(-c2cc(CN3CCN(C)CC3)c(=O)n(Cc3ccccc3Cl)n2)ccc1F. The molecule has 1 saturated heterocycles. The highest BCUT2D eigenvalue weighted by molar-refractivity contribution is 6.31. The van der Waals surface area contributed by atoms with E-state index in [0.29, 0.717) is 28.4 Å². The molecule has 4 rings (SSSR count). The molecule has 1 aliphatic rings. The van der Waals surface area contributed by atoms with Crippen molar-refractivity contribution in [3.8, 4) is 11.3 Å². The van der Waals surface area contributed by atoms with Gasteiger partial charge in [0.05, 0.1) is 12.2 Å². The van der Waals surface area contributed by atoms with Crippen LogP contribution >= 0.6 is 11.6 Å². The molecule has 0 N–H and O–H groups in total. The second-order valence-corrected chi connectivity index (χ2v) is 8.56. The fourth-order valence-electron chi connectivity index (χ4n) is 3.80. The van der Waals surface area contributed by atoms with Gasteiger partial charge in [0, 0.05) is 48.9 Å². The van der Waals surface area contributed by atoms with Gasteiger partial charge in [0.15, 0.2) is 0 Å². The molecule has 31 heavy (non-hydrogen) atoms. The van der Waals surface area contributed by atoms with Crippen molar-refractivity contribution >= 4 is 11.6 Å². The number of nitrogens with zero attached hydrogens (tertiary/aromatic N) is 4. The summed E-state index contributed by atoms with van der Waals surface area (Å²) < 4.78 is 15.3. The average Bonchev–Trinajstić information content (AvgIpc) is 2.76. The van der Waals surface area contributed by atoms with Gasteiger partial charge in [-0.3, -0.25) is 9.69 Å². The van der Waals surface area contributed by atoms with E-state index in [0.717, 1.165) is 37.3 Å². The summed E-state index contributed by atoms with van der Waals surface area (Å²) in [4.78, 5) is 17.9. The Kier molecular flexibility index (Phi) is 6.51. The van der Waals surface area contributed by atoms with E-state index in [1.54, 1.807) is 25.1 Å². The molecule has 0 aliphatic carbocycles. The van der Waals surface area contributed by atoms with Crippen LogP contribution in [0.4, 0.5) is 4.39 Å². The number of hydrogen-bond donors (Lipinski definition) is 0. The number of aromatic nitrogens is 2. The summed E-state index contributed by atoms with van der Waals surface area (Å²) >= 11 is 6.33. The summed E-state index contributed by atoms with van der Waals surface area (Å²) in [6, 6.07) is 14.2. The predicted molar refractivity (Wildman–Crippen MR) is 122 cm³/mol. The van der Waals surface area contributed by atoms with E-state index in [1.165, 1.54) is 10.7 Å². The zero-order valence-corrected chi connectivity index (χ0v) is 18.6. The first kappa shape index (κ1) is 21.7. The molecule has 2 heterocycles. The summed E-state index contributed by atoms with van der Waals surface area (Å²) in [5.74, 6) is -0.259. The molecule has 3 aromatic rings. The monoisotopic (exact) mass is 440 g/mol. The van der Waals surface area contributed by atoms with Crippen molar-refractivity contribution in [2.45, 2.75) is 20.0 Å². The number of likely N-dealkylation sites (N-methyl/N-ethyl adjacent to an activating group) is 1. The lowest BCUT2D eigenvalue weighted by Gasteiger charge is -2.32. The Hall–Kier alpha value is -2.54. The molecule has 1 aliphatic heterocycles. The first-order valence-electron chi connectivity index (χ1n) is 10.4. The largest absolute Gasteiger partial charge is 0.304 e. The third kappa shape index (κ3) is 5.03. The zero-order chi connectivity index (χ0) is 22.0. The van der Waals surface area contributed by atoms with Gasteiger partial charge in [0.1, 0.15) is 5.82 Å². The summed E-state index contributed by atoms with van der Waals surface area (Å²) in [7, 11) is 2.11. The van der Waals surface area contributed by atoms with E-state index in [4.69, 9.17) is 11.6 Å². The van der Waals surface area contributed by atoms with Crippen LogP contribution in [-0.2, 0) is 13.1 Å². The second-order valence-electron chi connectivity index (χ2n) is 8.15. The Morgan fingerprint density at radius 2 is 1.74 bits per heavy atom. The molecular weight excluding hydrogens is 415 g/mol. The zero-order valence-electron chi connectivity index (χ0n) is 17.8. The third-order valence-corrected chi connectivity index (χ3v) is 6.14. The average molecular weight is 441 g/mol. The Morgan fingerprint density at radius 1 is 1.00 bits per heavy atom. The summed E-state index contributed by atoms with van der Waals surface area (Å²) in [6.07, 6.45) is 0. The number of benzene rings is 2. The Bertz CT molecular complexity index is 1140. The lowest BCUT2D eigenvalue weighted by atomic mass is 10.1. The molecule has 1 fully saturated rings. The van der Waals surface area contributed by atoms with Gasteiger partial charge in [-0.05, 0) is 55.4 Å². The Balaban J connectivity index is 1.74. The molecule has 2 aromatic carbocycles. The smallest absolute Gasteiger partial charge is 0.271 e. The standard InChI is InChI=1S/C24H26ClFN4O/c1-17-13-18(7-8-22(17)26)23-14-20(15-29-11-9-28(2)10-12-29)24(31)30(27-23)16-19-5-3-4-6-21(19)25/h3-8,13-14H,9-12,15-16H2,1-2H3. The van der Waals surface area contributed by atoms with Crippen molar-refractivity contribution in [2.24, 2.45) is 0 Å². The number of aryl methyl sites for hydroxylation is 1. The first-order chi connectivity index (χ1) is 14.9. The van der Waals surface area contributed by atoms with Crippen molar-refractivity contribution in [3.63, 3.8) is 0 Å². The van der Waals surface area contributed by atoms with Crippen molar-refractivity contribution in [1.29, 1.82) is 0 Å². The maximum Gasteiger partial charge on any atom is 0.271 e. The lowest BCUT2D eigenvalue weighted by Crippen LogP contribution is -2.45. The van der Waals surface area contributed by atoms with Crippen molar-refractivity contribution < 1.29 is 4.39 Å². The molecule has 0 spiro atoms. The van der Waals surface area contributed by atoms with Crippen molar-refractivity contribution in [1.82, 2.24) is 19.6 Å². The molecule has 5 nitrogen and oxygen atoms in total. The Morgan fingerprint density at radius 3 is 2.45 bits per heavy atom. The topological polar surface area (TPSA) is 41.4 Å². The van der Waals surface area contributed by atoms with E-state index in [9.17, 15) is 9.18 Å². The van der Waals surface area contributed by atoms with E-state index in [-0.39, 0.29) is 17.9 Å². The first-order valence-corrected chi connectivity index (χ1v) is 10.8.